The van der Waals surface area contributed by atoms with Crippen LogP contribution in [-0.2, 0) is 4.47 Å². The molecule has 0 fully saturated rings. The second-order valence-electron chi connectivity index (χ2n) is 1.91. The van der Waals surface area contributed by atoms with Crippen molar-refractivity contribution >= 4 is 74.1 Å². The molecule has 0 N–H and O–H groups in total. The Labute approximate surface area is 101 Å². The van der Waals surface area contributed by atoms with Crippen molar-refractivity contribution in [1.29, 1.82) is 0 Å². The van der Waals surface area contributed by atoms with E-state index < -0.39 is 0 Å². The topological polar surface area (TPSA) is 0 Å². The number of rotatable bonds is 1. The molecule has 1 aromatic carbocycles. The Hall–Kier alpha value is 1.59. The monoisotopic (exact) mass is 479 g/mol. The van der Waals surface area contributed by atoms with Gasteiger partial charge in [-0.15, -0.1) is 0 Å². The van der Waals surface area contributed by atoms with E-state index in [1.807, 2.05) is 0 Å². The molecule has 0 aliphatic rings. The van der Waals surface area contributed by atoms with Gasteiger partial charge in [0.05, 0.1) is 0 Å². The van der Waals surface area contributed by atoms with Crippen LogP contribution in [0.3, 0.4) is 0 Å². The van der Waals surface area contributed by atoms with E-state index in [1.54, 1.807) is 0 Å². The zero-order chi connectivity index (χ0) is 7.56. The Kier molecular flexibility index (Phi) is 4.43. The minimum absolute atomic E-state index is 1.16. The molecule has 0 atom stereocenters. The molecule has 0 aliphatic carbocycles. The van der Waals surface area contributed by atoms with E-state index in [-0.39, 0.29) is 0 Å². The molecule has 10 heavy (non-hydrogen) atoms. The fourth-order valence-corrected chi connectivity index (χ4v) is 4.27. The average Bonchev–Trinajstić information content (AvgIpc) is 1.88. The van der Waals surface area contributed by atoms with Gasteiger partial charge >= 0.3 is 102 Å². The molecule has 0 aromatic heterocycles. The second-order valence-corrected chi connectivity index (χ2v) is 5.34. The van der Waals surface area contributed by atoms with Crippen LogP contribution < -0.4 is 7.22 Å². The van der Waals surface area contributed by atoms with Crippen LogP contribution in [0.25, 0.3) is 0 Å². The van der Waals surface area contributed by atoms with Gasteiger partial charge in [0, 0.05) is 0 Å². The zero-order valence-corrected chi connectivity index (χ0v) is 12.2. The van der Waals surface area contributed by atoms with Gasteiger partial charge in [-0.1, -0.05) is 0 Å². The Morgan fingerprint density at radius 1 is 1.20 bits per heavy atom. The van der Waals surface area contributed by atoms with E-state index in [0.29, 0.717) is 0 Å². The number of hydrogen-bond acceptors (Lipinski definition) is 0. The van der Waals surface area contributed by atoms with Crippen LogP contribution >= 0.6 is 0 Å². The van der Waals surface area contributed by atoms with Gasteiger partial charge in [-0.2, -0.15) is 0 Å². The predicted octanol–water partition coefficient (Wildman–Crippen LogP) is -1.06. The van der Waals surface area contributed by atoms with Gasteiger partial charge in [0.2, 0.25) is 0 Å². The molecule has 0 nitrogen and oxygen atoms in total. The van der Waals surface area contributed by atoms with Crippen molar-refractivity contribution in [2.24, 2.45) is 0 Å². The summed E-state index contributed by atoms with van der Waals surface area (Å²) in [6, 6.07) is 6.65. The van der Waals surface area contributed by atoms with Gasteiger partial charge in [0.1, 0.15) is 0 Å². The first kappa shape index (κ1) is 9.68. The van der Waals surface area contributed by atoms with Gasteiger partial charge in [-0.25, -0.2) is 0 Å². The molecule has 51 valence electrons. The predicted molar refractivity (Wildman–Crippen MR) is 46.7 cm³/mol. The van der Waals surface area contributed by atoms with E-state index in [2.05, 4.69) is 85.1 Å². The Morgan fingerprint density at radius 3 is 2.40 bits per heavy atom. The Morgan fingerprint density at radius 2 is 1.90 bits per heavy atom. The molecule has 0 spiro atoms. The normalized spacial score (nSPS) is 9.70. The molecule has 1 aromatic rings. The maximum absolute atomic E-state index is 2.25. The van der Waals surface area contributed by atoms with Crippen LogP contribution in [0.5, 0.6) is 0 Å². The van der Waals surface area contributed by atoms with Crippen LogP contribution in [0.15, 0.2) is 18.2 Å². The summed E-state index contributed by atoms with van der Waals surface area (Å²) in [5.41, 5.74) is 1.47. The molecule has 0 saturated carbocycles. The van der Waals surface area contributed by atoms with Crippen molar-refractivity contribution in [3.63, 3.8) is 0 Å². The van der Waals surface area contributed by atoms with E-state index in [1.165, 1.54) is 12.8 Å². The molecule has 0 bridgehead atoms. The molecule has 0 amide bonds. The summed E-state index contributed by atoms with van der Waals surface area (Å²) in [4.78, 5) is 0. The summed E-state index contributed by atoms with van der Waals surface area (Å²) in [5.74, 6) is 0. The zero-order valence-electron chi connectivity index (χ0n) is 5.16. The average molecular weight is 472 g/mol. The van der Waals surface area contributed by atoms with E-state index >= 15 is 0 Å². The third-order valence-electron chi connectivity index (χ3n) is 1.19. The standard InChI is InChI=1S/C7H5Te3/c8-4-5-1-2-6(9)3-7(5)10/h1-3H,4H2. The van der Waals surface area contributed by atoms with Crippen molar-refractivity contribution in [2.75, 3.05) is 0 Å². The van der Waals surface area contributed by atoms with Crippen LogP contribution in [-0.4, -0.2) is 66.9 Å². The quantitative estimate of drug-likeness (QED) is 0.458. The fourth-order valence-electron chi connectivity index (χ4n) is 0.654. The number of benzene rings is 1. The Bertz CT molecular complexity index is 232. The van der Waals surface area contributed by atoms with Crippen molar-refractivity contribution in [3.8, 4) is 0 Å². The van der Waals surface area contributed by atoms with Crippen molar-refractivity contribution in [3.05, 3.63) is 23.8 Å². The molecule has 0 saturated heterocycles. The molecular formula is C7H5Te3. The van der Waals surface area contributed by atoms with E-state index in [9.17, 15) is 0 Å². The van der Waals surface area contributed by atoms with Gasteiger partial charge in [-0.05, 0) is 0 Å². The number of hydrogen-bond donors (Lipinski definition) is 0. The first-order valence-electron chi connectivity index (χ1n) is 2.79. The minimum atomic E-state index is 1.16. The third-order valence-corrected chi connectivity index (χ3v) is 3.89. The second kappa shape index (κ2) is 4.57. The molecule has 3 radical (unpaired) electrons. The summed E-state index contributed by atoms with van der Waals surface area (Å²) in [5, 5.41) is 0. The molecule has 3 heteroatoms. The molecule has 0 heterocycles. The van der Waals surface area contributed by atoms with Crippen LogP contribution in [0.2, 0.25) is 0 Å². The van der Waals surface area contributed by atoms with Crippen molar-refractivity contribution in [2.45, 2.75) is 4.47 Å². The summed E-state index contributed by atoms with van der Waals surface area (Å²) in [7, 11) is 0. The molecule has 0 unspecified atom stereocenters. The van der Waals surface area contributed by atoms with Gasteiger partial charge in [-0.3, -0.25) is 0 Å². The molecular weight excluding hydrogens is 467 g/mol. The van der Waals surface area contributed by atoms with Crippen molar-refractivity contribution in [1.82, 2.24) is 0 Å². The first-order chi connectivity index (χ1) is 4.74. The van der Waals surface area contributed by atoms with Gasteiger partial charge in [0.25, 0.3) is 0 Å². The van der Waals surface area contributed by atoms with Gasteiger partial charge < -0.3 is 0 Å². The summed E-state index contributed by atoms with van der Waals surface area (Å²) >= 11 is 6.30. The summed E-state index contributed by atoms with van der Waals surface area (Å²) in [6.45, 7) is 0. The maximum atomic E-state index is 2.25. The van der Waals surface area contributed by atoms with Crippen LogP contribution in [0.4, 0.5) is 0 Å². The first-order valence-corrected chi connectivity index (χ1v) is 6.77. The molecule has 1 rings (SSSR count). The van der Waals surface area contributed by atoms with Crippen LogP contribution in [0.1, 0.15) is 5.56 Å². The fraction of sp³-hybridized carbons (Fsp3) is 0.143. The molecule has 0 aliphatic heterocycles. The SMILES string of the molecule is [Te]Cc1ccc([Te])cc1[Te]. The third kappa shape index (κ3) is 2.57. The van der Waals surface area contributed by atoms with Crippen LogP contribution in [0, 0.1) is 0 Å². The summed E-state index contributed by atoms with van der Waals surface area (Å²) < 4.78 is 3.96. The Balaban J connectivity index is 3.07. The van der Waals surface area contributed by atoms with E-state index in [0.717, 1.165) is 4.47 Å². The van der Waals surface area contributed by atoms with Gasteiger partial charge in [0.15, 0.2) is 0 Å². The van der Waals surface area contributed by atoms with E-state index in [4.69, 9.17) is 0 Å². The van der Waals surface area contributed by atoms with Crippen molar-refractivity contribution < 1.29 is 0 Å². The summed E-state index contributed by atoms with van der Waals surface area (Å²) in [6.07, 6.45) is 0.